The summed E-state index contributed by atoms with van der Waals surface area (Å²) in [6.07, 6.45) is 1.03. The molecule has 2 aromatic rings. The Bertz CT molecular complexity index is 596. The van der Waals surface area contributed by atoms with E-state index in [1.165, 1.54) is 0 Å². The molecule has 6 nitrogen and oxygen atoms in total. The van der Waals surface area contributed by atoms with Gasteiger partial charge in [0.05, 0.1) is 0 Å². The van der Waals surface area contributed by atoms with Crippen LogP contribution in [0.2, 0.25) is 0 Å². The van der Waals surface area contributed by atoms with Crippen molar-refractivity contribution in [1.29, 1.82) is 0 Å². The molecule has 112 valence electrons. The first kappa shape index (κ1) is 14.9. The monoisotopic (exact) mass is 286 g/mol. The van der Waals surface area contributed by atoms with Crippen LogP contribution in [0.5, 0.6) is 0 Å². The third-order valence-corrected chi connectivity index (χ3v) is 2.93. The average molecular weight is 286 g/mol. The van der Waals surface area contributed by atoms with E-state index in [0.29, 0.717) is 5.82 Å². The fraction of sp³-hybridized carbons (Fsp3) is 0.333. The summed E-state index contributed by atoms with van der Waals surface area (Å²) >= 11 is 0. The second-order valence-electron chi connectivity index (χ2n) is 4.99. The Morgan fingerprint density at radius 1 is 1.14 bits per heavy atom. The van der Waals surface area contributed by atoms with E-state index in [-0.39, 0.29) is 5.95 Å². The number of benzene rings is 1. The first-order valence-corrected chi connectivity index (χ1v) is 7.01. The van der Waals surface area contributed by atoms with Crippen LogP contribution in [0.3, 0.4) is 0 Å². The Kier molecular flexibility index (Phi) is 4.81. The Balaban J connectivity index is 2.18. The number of hydrogen-bond donors (Lipinski definition) is 3. The molecule has 0 radical (unpaired) electrons. The minimum Gasteiger partial charge on any atom is -0.378 e. The maximum atomic E-state index is 5.75. The molecule has 1 aromatic carbocycles. The molecule has 0 spiro atoms. The summed E-state index contributed by atoms with van der Waals surface area (Å²) in [6.45, 7) is 2.95. The van der Waals surface area contributed by atoms with Crippen molar-refractivity contribution in [2.45, 2.75) is 13.3 Å². The van der Waals surface area contributed by atoms with E-state index in [9.17, 15) is 0 Å². The quantitative estimate of drug-likeness (QED) is 0.757. The lowest BCUT2D eigenvalue weighted by atomic mass is 10.2. The largest absolute Gasteiger partial charge is 0.378 e. The predicted octanol–water partition coefficient (Wildman–Crippen LogP) is 2.69. The zero-order valence-electron chi connectivity index (χ0n) is 12.7. The molecule has 6 heteroatoms. The molecule has 0 unspecified atom stereocenters. The topological polar surface area (TPSA) is 79.1 Å². The van der Waals surface area contributed by atoms with Gasteiger partial charge in [-0.25, -0.2) is 0 Å². The van der Waals surface area contributed by atoms with E-state index in [0.717, 1.165) is 30.2 Å². The summed E-state index contributed by atoms with van der Waals surface area (Å²) in [5, 5.41) is 6.47. The molecule has 0 amide bonds. The van der Waals surface area contributed by atoms with Crippen molar-refractivity contribution in [3.63, 3.8) is 0 Å². The number of rotatable bonds is 6. The van der Waals surface area contributed by atoms with Crippen LogP contribution in [0.15, 0.2) is 30.3 Å². The Morgan fingerprint density at radius 2 is 1.90 bits per heavy atom. The first-order valence-electron chi connectivity index (χ1n) is 7.01. The highest BCUT2D eigenvalue weighted by molar-refractivity contribution is 5.65. The highest BCUT2D eigenvalue weighted by Crippen LogP contribution is 2.22. The third-order valence-electron chi connectivity index (χ3n) is 2.93. The van der Waals surface area contributed by atoms with E-state index >= 15 is 0 Å². The van der Waals surface area contributed by atoms with Gasteiger partial charge in [0.25, 0.3) is 0 Å². The molecule has 1 heterocycles. The van der Waals surface area contributed by atoms with Crippen molar-refractivity contribution in [3.05, 3.63) is 30.3 Å². The standard InChI is InChI=1S/C15H22N6/c1-4-8-17-13-10-14(20-15(16)19-13)18-11-6-5-7-12(9-11)21(2)3/h5-7,9-10H,4,8H2,1-3H3,(H4,16,17,18,19,20). The van der Waals surface area contributed by atoms with Crippen molar-refractivity contribution in [3.8, 4) is 0 Å². The van der Waals surface area contributed by atoms with Crippen LogP contribution in [0.4, 0.5) is 29.0 Å². The fourth-order valence-corrected chi connectivity index (χ4v) is 1.88. The third kappa shape index (κ3) is 4.24. The summed E-state index contributed by atoms with van der Waals surface area (Å²) in [5.74, 6) is 1.66. The van der Waals surface area contributed by atoms with E-state index < -0.39 is 0 Å². The lowest BCUT2D eigenvalue weighted by Crippen LogP contribution is -2.09. The summed E-state index contributed by atoms with van der Waals surface area (Å²) in [4.78, 5) is 10.4. The van der Waals surface area contributed by atoms with E-state index in [2.05, 4.69) is 33.6 Å². The van der Waals surface area contributed by atoms with Gasteiger partial charge in [0, 0.05) is 38.1 Å². The molecular formula is C15H22N6. The van der Waals surface area contributed by atoms with Crippen molar-refractivity contribution < 1.29 is 0 Å². The Morgan fingerprint density at radius 3 is 2.62 bits per heavy atom. The van der Waals surface area contributed by atoms with Gasteiger partial charge >= 0.3 is 0 Å². The SMILES string of the molecule is CCCNc1cc(Nc2cccc(N(C)C)c2)nc(N)n1. The number of nitrogens with one attached hydrogen (secondary N) is 2. The first-order chi connectivity index (χ1) is 10.1. The van der Waals surface area contributed by atoms with E-state index in [1.54, 1.807) is 0 Å². The van der Waals surface area contributed by atoms with Gasteiger partial charge in [-0.3, -0.25) is 0 Å². The number of hydrogen-bond acceptors (Lipinski definition) is 6. The van der Waals surface area contributed by atoms with Crippen molar-refractivity contribution in [2.24, 2.45) is 0 Å². The van der Waals surface area contributed by atoms with Crippen LogP contribution in [0, 0.1) is 0 Å². The molecule has 0 aliphatic rings. The molecule has 0 atom stereocenters. The molecule has 1 aromatic heterocycles. The lowest BCUT2D eigenvalue weighted by molar-refractivity contribution is 0.967. The molecule has 0 fully saturated rings. The molecule has 0 aliphatic carbocycles. The van der Waals surface area contributed by atoms with Crippen LogP contribution in [-0.2, 0) is 0 Å². The van der Waals surface area contributed by atoms with Gasteiger partial charge in [-0.2, -0.15) is 9.97 Å². The van der Waals surface area contributed by atoms with E-state index in [4.69, 9.17) is 5.73 Å². The number of nitrogens with zero attached hydrogens (tertiary/aromatic N) is 3. The minimum absolute atomic E-state index is 0.252. The van der Waals surface area contributed by atoms with Crippen molar-refractivity contribution in [2.75, 3.05) is 41.9 Å². The van der Waals surface area contributed by atoms with Crippen LogP contribution < -0.4 is 21.3 Å². The van der Waals surface area contributed by atoms with Gasteiger partial charge < -0.3 is 21.3 Å². The Hall–Kier alpha value is -2.50. The normalized spacial score (nSPS) is 10.2. The summed E-state index contributed by atoms with van der Waals surface area (Å²) in [7, 11) is 4.02. The number of nitrogen functional groups attached to an aromatic ring is 1. The molecule has 0 saturated carbocycles. The number of aromatic nitrogens is 2. The summed E-state index contributed by atoms with van der Waals surface area (Å²) < 4.78 is 0. The summed E-state index contributed by atoms with van der Waals surface area (Å²) in [6, 6.07) is 9.95. The summed E-state index contributed by atoms with van der Waals surface area (Å²) in [5.41, 5.74) is 7.83. The molecule has 21 heavy (non-hydrogen) atoms. The van der Waals surface area contributed by atoms with Gasteiger partial charge in [-0.15, -0.1) is 0 Å². The van der Waals surface area contributed by atoms with Crippen molar-refractivity contribution in [1.82, 2.24) is 9.97 Å². The van der Waals surface area contributed by atoms with Crippen LogP contribution in [0.1, 0.15) is 13.3 Å². The number of nitrogens with two attached hydrogens (primary N) is 1. The zero-order valence-corrected chi connectivity index (χ0v) is 12.7. The van der Waals surface area contributed by atoms with Crippen LogP contribution >= 0.6 is 0 Å². The van der Waals surface area contributed by atoms with Crippen LogP contribution in [-0.4, -0.2) is 30.6 Å². The van der Waals surface area contributed by atoms with Gasteiger partial charge in [0.1, 0.15) is 11.6 Å². The molecule has 0 bridgehead atoms. The fourth-order valence-electron chi connectivity index (χ4n) is 1.88. The smallest absolute Gasteiger partial charge is 0.223 e. The zero-order chi connectivity index (χ0) is 15.2. The molecule has 2 rings (SSSR count). The van der Waals surface area contributed by atoms with Gasteiger partial charge in [-0.1, -0.05) is 13.0 Å². The maximum Gasteiger partial charge on any atom is 0.223 e. The van der Waals surface area contributed by atoms with Gasteiger partial charge in [-0.05, 0) is 24.6 Å². The highest BCUT2D eigenvalue weighted by atomic mass is 15.1. The maximum absolute atomic E-state index is 5.75. The lowest BCUT2D eigenvalue weighted by Gasteiger charge is -2.14. The van der Waals surface area contributed by atoms with Crippen molar-refractivity contribution >= 4 is 29.0 Å². The average Bonchev–Trinajstić information content (AvgIpc) is 2.45. The van der Waals surface area contributed by atoms with Crippen LogP contribution in [0.25, 0.3) is 0 Å². The second kappa shape index (κ2) is 6.78. The second-order valence-corrected chi connectivity index (χ2v) is 4.99. The predicted molar refractivity (Wildman–Crippen MR) is 89.3 cm³/mol. The molecular weight excluding hydrogens is 264 g/mol. The molecule has 0 aliphatic heterocycles. The molecule has 4 N–H and O–H groups in total. The number of anilines is 5. The van der Waals surface area contributed by atoms with Gasteiger partial charge in [0.15, 0.2) is 0 Å². The highest BCUT2D eigenvalue weighted by Gasteiger charge is 2.04. The molecule has 0 saturated heterocycles. The minimum atomic E-state index is 0.252. The van der Waals surface area contributed by atoms with Gasteiger partial charge in [0.2, 0.25) is 5.95 Å². The Labute approximate surface area is 125 Å². The van der Waals surface area contributed by atoms with E-state index in [1.807, 2.05) is 43.3 Å².